The lowest BCUT2D eigenvalue weighted by atomic mass is 10.0. The third-order valence-corrected chi connectivity index (χ3v) is 3.57. The van der Waals surface area contributed by atoms with Crippen LogP contribution in [0.1, 0.15) is 25.8 Å². The predicted octanol–water partition coefficient (Wildman–Crippen LogP) is 2.30. The number of ether oxygens (including phenoxy) is 1. The lowest BCUT2D eigenvalue weighted by molar-refractivity contribution is -0.384. The summed E-state index contributed by atoms with van der Waals surface area (Å²) in [7, 11) is 0. The molecule has 104 valence electrons. The van der Waals surface area contributed by atoms with Crippen molar-refractivity contribution < 1.29 is 9.66 Å². The lowest BCUT2D eigenvalue weighted by Gasteiger charge is -2.40. The summed E-state index contributed by atoms with van der Waals surface area (Å²) in [6.07, 6.45) is 2.53. The van der Waals surface area contributed by atoms with Gasteiger partial charge in [-0.1, -0.05) is 6.92 Å². The Bertz CT molecular complexity index is 492. The van der Waals surface area contributed by atoms with Crippen LogP contribution in [0.15, 0.2) is 12.3 Å². The van der Waals surface area contributed by atoms with Gasteiger partial charge < -0.3 is 9.64 Å². The van der Waals surface area contributed by atoms with Gasteiger partial charge in [0.05, 0.1) is 17.1 Å². The first-order valence-corrected chi connectivity index (χ1v) is 6.45. The highest BCUT2D eigenvalue weighted by molar-refractivity contribution is 5.59. The highest BCUT2D eigenvalue weighted by Gasteiger charge is 2.33. The van der Waals surface area contributed by atoms with Crippen molar-refractivity contribution in [3.05, 3.63) is 27.9 Å². The van der Waals surface area contributed by atoms with E-state index in [0.717, 1.165) is 12.0 Å². The summed E-state index contributed by atoms with van der Waals surface area (Å²) in [5, 5.41) is 11.2. The Labute approximate surface area is 112 Å². The summed E-state index contributed by atoms with van der Waals surface area (Å²) in [5.74, 6) is 0.443. The second-order valence-corrected chi connectivity index (χ2v) is 5.19. The lowest BCUT2D eigenvalue weighted by Crippen LogP contribution is -2.50. The summed E-state index contributed by atoms with van der Waals surface area (Å²) < 4.78 is 5.75. The SMILES string of the molecule is CCC1(C)CN(c2ncc(C)cc2[N+](=O)[O-])CCO1. The Morgan fingerprint density at radius 3 is 3.00 bits per heavy atom. The van der Waals surface area contributed by atoms with E-state index in [9.17, 15) is 10.1 Å². The second kappa shape index (κ2) is 5.13. The van der Waals surface area contributed by atoms with Crippen molar-refractivity contribution in [2.24, 2.45) is 0 Å². The van der Waals surface area contributed by atoms with Crippen LogP contribution in [0.2, 0.25) is 0 Å². The zero-order valence-corrected chi connectivity index (χ0v) is 11.5. The van der Waals surface area contributed by atoms with Crippen LogP contribution >= 0.6 is 0 Å². The predicted molar refractivity (Wildman–Crippen MR) is 72.5 cm³/mol. The van der Waals surface area contributed by atoms with E-state index in [1.807, 2.05) is 11.8 Å². The van der Waals surface area contributed by atoms with Crippen LogP contribution in [0.3, 0.4) is 0 Å². The topological polar surface area (TPSA) is 68.5 Å². The van der Waals surface area contributed by atoms with Crippen LogP contribution in [-0.4, -0.2) is 35.2 Å². The molecule has 1 atom stereocenters. The maximum Gasteiger partial charge on any atom is 0.311 e. The molecule has 0 aliphatic carbocycles. The normalized spacial score (nSPS) is 23.4. The molecule has 1 aliphatic rings. The van der Waals surface area contributed by atoms with Crippen LogP contribution in [0.5, 0.6) is 0 Å². The standard InChI is InChI=1S/C13H19N3O3/c1-4-13(3)9-15(5-6-19-13)12-11(16(17)18)7-10(2)8-14-12/h7-8H,4-6,9H2,1-3H3. The summed E-state index contributed by atoms with van der Waals surface area (Å²) in [5.41, 5.74) is 0.598. The summed E-state index contributed by atoms with van der Waals surface area (Å²) >= 11 is 0. The number of hydrogen-bond donors (Lipinski definition) is 0. The van der Waals surface area contributed by atoms with Crippen LogP contribution in [0.4, 0.5) is 11.5 Å². The number of nitro groups is 1. The molecule has 0 aromatic carbocycles. The van der Waals surface area contributed by atoms with Crippen molar-refractivity contribution in [1.82, 2.24) is 4.98 Å². The summed E-state index contributed by atoms with van der Waals surface area (Å²) in [6, 6.07) is 1.57. The van der Waals surface area contributed by atoms with E-state index in [0.29, 0.717) is 25.5 Å². The molecule has 6 heteroatoms. The van der Waals surface area contributed by atoms with Gasteiger partial charge in [-0.15, -0.1) is 0 Å². The van der Waals surface area contributed by atoms with Gasteiger partial charge in [0, 0.05) is 25.4 Å². The Morgan fingerprint density at radius 1 is 1.63 bits per heavy atom. The van der Waals surface area contributed by atoms with Crippen molar-refractivity contribution in [2.75, 3.05) is 24.6 Å². The van der Waals surface area contributed by atoms with E-state index in [-0.39, 0.29) is 16.2 Å². The van der Waals surface area contributed by atoms with Crippen molar-refractivity contribution in [2.45, 2.75) is 32.8 Å². The van der Waals surface area contributed by atoms with Crippen LogP contribution in [0.25, 0.3) is 0 Å². The average molecular weight is 265 g/mol. The zero-order valence-electron chi connectivity index (χ0n) is 11.5. The minimum atomic E-state index is -0.367. The smallest absolute Gasteiger partial charge is 0.311 e. The Balaban J connectivity index is 2.33. The largest absolute Gasteiger partial charge is 0.372 e. The van der Waals surface area contributed by atoms with Crippen molar-refractivity contribution in [1.29, 1.82) is 0 Å². The summed E-state index contributed by atoms with van der Waals surface area (Å²) in [4.78, 5) is 17.0. The molecule has 6 nitrogen and oxygen atoms in total. The fraction of sp³-hybridized carbons (Fsp3) is 0.615. The first kappa shape index (κ1) is 13.7. The van der Waals surface area contributed by atoms with Gasteiger partial charge in [-0.25, -0.2) is 4.98 Å². The molecule has 0 spiro atoms. The molecule has 1 fully saturated rings. The minimum absolute atomic E-state index is 0.0698. The van der Waals surface area contributed by atoms with E-state index < -0.39 is 0 Å². The highest BCUT2D eigenvalue weighted by Crippen LogP contribution is 2.30. The number of anilines is 1. The molecular weight excluding hydrogens is 246 g/mol. The van der Waals surface area contributed by atoms with Crippen molar-refractivity contribution in [3.63, 3.8) is 0 Å². The average Bonchev–Trinajstić information content (AvgIpc) is 2.38. The fourth-order valence-corrected chi connectivity index (χ4v) is 2.25. The van der Waals surface area contributed by atoms with Gasteiger partial charge in [-0.3, -0.25) is 10.1 Å². The first-order valence-electron chi connectivity index (χ1n) is 6.45. The molecule has 0 radical (unpaired) electrons. The fourth-order valence-electron chi connectivity index (χ4n) is 2.25. The highest BCUT2D eigenvalue weighted by atomic mass is 16.6. The number of morpholine rings is 1. The van der Waals surface area contributed by atoms with Gasteiger partial charge in [0.1, 0.15) is 0 Å². The first-order chi connectivity index (χ1) is 8.95. The van der Waals surface area contributed by atoms with Crippen molar-refractivity contribution in [3.8, 4) is 0 Å². The maximum atomic E-state index is 11.2. The van der Waals surface area contributed by atoms with Crippen LogP contribution in [0, 0.1) is 17.0 Å². The van der Waals surface area contributed by atoms with Crippen LogP contribution < -0.4 is 4.90 Å². The number of aromatic nitrogens is 1. The number of rotatable bonds is 3. The van der Waals surface area contributed by atoms with Crippen LogP contribution in [-0.2, 0) is 4.74 Å². The molecule has 0 amide bonds. The van der Waals surface area contributed by atoms with E-state index in [1.165, 1.54) is 0 Å². The van der Waals surface area contributed by atoms with Gasteiger partial charge in [-0.05, 0) is 25.8 Å². The number of nitrogens with zero attached hydrogens (tertiary/aromatic N) is 3. The molecule has 0 N–H and O–H groups in total. The molecule has 1 unspecified atom stereocenters. The van der Waals surface area contributed by atoms with E-state index >= 15 is 0 Å². The molecule has 1 saturated heterocycles. The van der Waals surface area contributed by atoms with Gasteiger partial charge in [0.15, 0.2) is 0 Å². The maximum absolute atomic E-state index is 11.2. The molecule has 0 saturated carbocycles. The Kier molecular flexibility index (Phi) is 3.71. The number of pyridine rings is 1. The molecule has 2 rings (SSSR count). The molecule has 1 aromatic rings. The molecule has 0 bridgehead atoms. The summed E-state index contributed by atoms with van der Waals surface area (Å²) in [6.45, 7) is 7.71. The zero-order chi connectivity index (χ0) is 14.0. The molecule has 2 heterocycles. The third-order valence-electron chi connectivity index (χ3n) is 3.57. The number of hydrogen-bond acceptors (Lipinski definition) is 5. The quantitative estimate of drug-likeness (QED) is 0.619. The molecule has 1 aromatic heterocycles. The monoisotopic (exact) mass is 265 g/mol. The molecular formula is C13H19N3O3. The van der Waals surface area contributed by atoms with Gasteiger partial charge in [0.25, 0.3) is 0 Å². The Morgan fingerprint density at radius 2 is 2.37 bits per heavy atom. The van der Waals surface area contributed by atoms with Gasteiger partial charge >= 0.3 is 5.69 Å². The minimum Gasteiger partial charge on any atom is -0.372 e. The van der Waals surface area contributed by atoms with Crippen molar-refractivity contribution >= 4 is 11.5 Å². The van der Waals surface area contributed by atoms with Gasteiger partial charge in [0.2, 0.25) is 5.82 Å². The molecule has 1 aliphatic heterocycles. The van der Waals surface area contributed by atoms with E-state index in [4.69, 9.17) is 4.74 Å². The third kappa shape index (κ3) is 2.84. The van der Waals surface area contributed by atoms with E-state index in [2.05, 4.69) is 11.9 Å². The van der Waals surface area contributed by atoms with Gasteiger partial charge in [-0.2, -0.15) is 0 Å². The molecule has 19 heavy (non-hydrogen) atoms. The second-order valence-electron chi connectivity index (χ2n) is 5.19. The number of aryl methyl sites for hydroxylation is 1. The Hall–Kier alpha value is -1.69. The van der Waals surface area contributed by atoms with E-state index in [1.54, 1.807) is 19.2 Å².